The number of carbonyl (C=O) groups is 1. The Hall–Kier alpha value is -2.73. The van der Waals surface area contributed by atoms with E-state index in [1.165, 1.54) is 32.1 Å². The Bertz CT molecular complexity index is 950. The van der Waals surface area contributed by atoms with E-state index in [-0.39, 0.29) is 5.91 Å². The van der Waals surface area contributed by atoms with Crippen molar-refractivity contribution in [3.8, 4) is 11.1 Å². The molecule has 1 saturated carbocycles. The maximum atomic E-state index is 12.4. The molecule has 0 bridgehead atoms. The van der Waals surface area contributed by atoms with E-state index >= 15 is 0 Å². The lowest BCUT2D eigenvalue weighted by molar-refractivity contribution is 0.102. The normalized spacial score (nSPS) is 14.4. The Balaban J connectivity index is 1.39. The van der Waals surface area contributed by atoms with E-state index in [1.54, 1.807) is 0 Å². The Labute approximate surface area is 179 Å². The summed E-state index contributed by atoms with van der Waals surface area (Å²) < 4.78 is 0.974. The number of benzene rings is 2. The third-order valence-electron chi connectivity index (χ3n) is 5.17. The van der Waals surface area contributed by atoms with Crippen molar-refractivity contribution in [2.24, 2.45) is 0 Å². The van der Waals surface area contributed by atoms with Gasteiger partial charge in [-0.25, -0.2) is 9.97 Å². The molecule has 1 amide bonds. The van der Waals surface area contributed by atoms with Gasteiger partial charge in [-0.05, 0) is 54.8 Å². The lowest BCUT2D eigenvalue weighted by atomic mass is 9.96. The van der Waals surface area contributed by atoms with Crippen molar-refractivity contribution < 1.29 is 4.79 Å². The van der Waals surface area contributed by atoms with Crippen LogP contribution in [0.25, 0.3) is 11.1 Å². The maximum Gasteiger partial charge on any atom is 0.255 e. The predicted molar refractivity (Wildman–Crippen MR) is 120 cm³/mol. The molecule has 0 unspecified atom stereocenters. The molecule has 0 radical (unpaired) electrons. The van der Waals surface area contributed by atoms with Gasteiger partial charge in [0.25, 0.3) is 5.91 Å². The van der Waals surface area contributed by atoms with Crippen LogP contribution in [0.1, 0.15) is 42.5 Å². The summed E-state index contributed by atoms with van der Waals surface area (Å²) in [6.45, 7) is 0. The van der Waals surface area contributed by atoms with E-state index < -0.39 is 0 Å². The number of hydrogen-bond acceptors (Lipinski definition) is 4. The van der Waals surface area contributed by atoms with Crippen LogP contribution in [0.3, 0.4) is 0 Å². The van der Waals surface area contributed by atoms with E-state index in [0.29, 0.717) is 17.6 Å². The molecule has 1 heterocycles. The van der Waals surface area contributed by atoms with E-state index in [4.69, 9.17) is 0 Å². The fourth-order valence-electron chi connectivity index (χ4n) is 3.53. The first-order valence-corrected chi connectivity index (χ1v) is 10.7. The summed E-state index contributed by atoms with van der Waals surface area (Å²) in [6.07, 6.45) is 9.91. The van der Waals surface area contributed by atoms with Crippen LogP contribution in [0.5, 0.6) is 0 Å². The molecule has 2 N–H and O–H groups in total. The van der Waals surface area contributed by atoms with Gasteiger partial charge in [0, 0.05) is 39.7 Å². The Kier molecular flexibility index (Phi) is 6.20. The zero-order chi connectivity index (χ0) is 20.1. The van der Waals surface area contributed by atoms with Crippen molar-refractivity contribution in [3.63, 3.8) is 0 Å². The molecule has 148 valence electrons. The zero-order valence-electron chi connectivity index (χ0n) is 16.1. The van der Waals surface area contributed by atoms with Crippen LogP contribution in [-0.2, 0) is 0 Å². The molecule has 6 heteroatoms. The van der Waals surface area contributed by atoms with Crippen LogP contribution < -0.4 is 10.6 Å². The number of rotatable bonds is 5. The van der Waals surface area contributed by atoms with Crippen LogP contribution in [0.2, 0.25) is 0 Å². The third-order valence-corrected chi connectivity index (χ3v) is 5.70. The lowest BCUT2D eigenvalue weighted by Gasteiger charge is -2.22. The Morgan fingerprint density at radius 1 is 0.862 bits per heavy atom. The second-order valence-electron chi connectivity index (χ2n) is 7.31. The number of nitrogens with one attached hydrogen (secondary N) is 2. The van der Waals surface area contributed by atoms with Gasteiger partial charge in [-0.1, -0.05) is 47.3 Å². The Morgan fingerprint density at radius 2 is 1.52 bits per heavy atom. The van der Waals surface area contributed by atoms with Crippen molar-refractivity contribution >= 4 is 33.5 Å². The molecule has 0 spiro atoms. The van der Waals surface area contributed by atoms with Gasteiger partial charge in [-0.15, -0.1) is 0 Å². The highest BCUT2D eigenvalue weighted by Crippen LogP contribution is 2.22. The van der Waals surface area contributed by atoms with Crippen molar-refractivity contribution in [2.45, 2.75) is 38.1 Å². The minimum Gasteiger partial charge on any atom is -0.351 e. The average molecular weight is 451 g/mol. The highest BCUT2D eigenvalue weighted by molar-refractivity contribution is 9.10. The number of nitrogens with zero attached hydrogens (tertiary/aromatic N) is 2. The fourth-order valence-corrected chi connectivity index (χ4v) is 3.80. The summed E-state index contributed by atoms with van der Waals surface area (Å²) in [5, 5.41) is 6.33. The van der Waals surface area contributed by atoms with E-state index in [1.807, 2.05) is 60.9 Å². The lowest BCUT2D eigenvalue weighted by Crippen LogP contribution is -2.23. The van der Waals surface area contributed by atoms with Gasteiger partial charge in [0.15, 0.2) is 0 Å². The molecule has 1 aromatic heterocycles. The number of carbonyl (C=O) groups excluding carboxylic acids is 1. The first kappa shape index (κ1) is 19.6. The van der Waals surface area contributed by atoms with Gasteiger partial charge in [0.2, 0.25) is 5.95 Å². The van der Waals surface area contributed by atoms with E-state index in [9.17, 15) is 4.79 Å². The van der Waals surface area contributed by atoms with Crippen LogP contribution >= 0.6 is 15.9 Å². The molecule has 1 aliphatic rings. The molecule has 5 nitrogen and oxygen atoms in total. The number of amides is 1. The van der Waals surface area contributed by atoms with Crippen molar-refractivity contribution in [3.05, 3.63) is 71.0 Å². The van der Waals surface area contributed by atoms with Crippen LogP contribution in [0.4, 0.5) is 11.6 Å². The first-order chi connectivity index (χ1) is 14.2. The smallest absolute Gasteiger partial charge is 0.255 e. The SMILES string of the molecule is O=C(Nc1ccc(Br)cc1)c1ccc(-c2cnc(NC3CCCCC3)nc2)cc1. The minimum absolute atomic E-state index is 0.137. The van der Waals surface area contributed by atoms with Gasteiger partial charge in [0.05, 0.1) is 0 Å². The van der Waals surface area contributed by atoms with Gasteiger partial charge in [-0.2, -0.15) is 0 Å². The average Bonchev–Trinajstić information content (AvgIpc) is 2.77. The predicted octanol–water partition coefficient (Wildman–Crippen LogP) is 5.90. The summed E-state index contributed by atoms with van der Waals surface area (Å²) in [4.78, 5) is 21.4. The van der Waals surface area contributed by atoms with Crippen LogP contribution in [0.15, 0.2) is 65.4 Å². The molecule has 3 aromatic rings. The molecule has 1 fully saturated rings. The molecule has 2 aromatic carbocycles. The van der Waals surface area contributed by atoms with Crippen LogP contribution in [-0.4, -0.2) is 21.9 Å². The highest BCUT2D eigenvalue weighted by Gasteiger charge is 2.14. The fraction of sp³-hybridized carbons (Fsp3) is 0.261. The van der Waals surface area contributed by atoms with Crippen molar-refractivity contribution in [1.29, 1.82) is 0 Å². The monoisotopic (exact) mass is 450 g/mol. The second kappa shape index (κ2) is 9.18. The summed E-state index contributed by atoms with van der Waals surface area (Å²) in [5.41, 5.74) is 3.28. The molecule has 29 heavy (non-hydrogen) atoms. The summed E-state index contributed by atoms with van der Waals surface area (Å²) in [7, 11) is 0. The topological polar surface area (TPSA) is 66.9 Å². The number of hydrogen-bond donors (Lipinski definition) is 2. The summed E-state index contributed by atoms with van der Waals surface area (Å²) in [5.74, 6) is 0.549. The molecule has 1 aliphatic carbocycles. The molecular weight excluding hydrogens is 428 g/mol. The molecular formula is C23H23BrN4O. The number of anilines is 2. The third kappa shape index (κ3) is 5.21. The number of aromatic nitrogens is 2. The molecule has 4 rings (SSSR count). The summed E-state index contributed by atoms with van der Waals surface area (Å²) >= 11 is 3.39. The molecule has 0 aliphatic heterocycles. The van der Waals surface area contributed by atoms with E-state index in [2.05, 4.69) is 36.5 Å². The molecule has 0 saturated heterocycles. The van der Waals surface area contributed by atoms with Crippen LogP contribution in [0, 0.1) is 0 Å². The Morgan fingerprint density at radius 3 is 2.17 bits per heavy atom. The second-order valence-corrected chi connectivity index (χ2v) is 8.23. The van der Waals surface area contributed by atoms with Crippen molar-refractivity contribution in [1.82, 2.24) is 9.97 Å². The van der Waals surface area contributed by atoms with Gasteiger partial charge < -0.3 is 10.6 Å². The maximum absolute atomic E-state index is 12.4. The molecule has 0 atom stereocenters. The van der Waals surface area contributed by atoms with Gasteiger partial charge in [-0.3, -0.25) is 4.79 Å². The zero-order valence-corrected chi connectivity index (χ0v) is 17.7. The largest absolute Gasteiger partial charge is 0.351 e. The quantitative estimate of drug-likeness (QED) is 0.507. The standard InChI is InChI=1S/C23H23BrN4O/c24-19-10-12-21(13-11-19)27-22(29)17-8-6-16(7-9-17)18-14-25-23(26-15-18)28-20-4-2-1-3-5-20/h6-15,20H,1-5H2,(H,27,29)(H,25,26,28). The summed E-state index contributed by atoms with van der Waals surface area (Å²) in [6, 6.07) is 15.5. The van der Waals surface area contributed by atoms with Gasteiger partial charge >= 0.3 is 0 Å². The van der Waals surface area contributed by atoms with Crippen molar-refractivity contribution in [2.75, 3.05) is 10.6 Å². The first-order valence-electron chi connectivity index (χ1n) is 9.93. The highest BCUT2D eigenvalue weighted by atomic mass is 79.9. The number of halogens is 1. The van der Waals surface area contributed by atoms with E-state index in [0.717, 1.165) is 21.3 Å². The van der Waals surface area contributed by atoms with Gasteiger partial charge in [0.1, 0.15) is 0 Å². The minimum atomic E-state index is -0.137.